The smallest absolute Gasteiger partial charge is 0.236 e. The fraction of sp³-hybridized carbons (Fsp3) is 0.227. The third kappa shape index (κ3) is 6.81. The summed E-state index contributed by atoms with van der Waals surface area (Å²) < 4.78 is 9.52. The number of halogens is 1. The first-order valence-electron chi connectivity index (χ1n) is 10.2. The number of hydrogen-bond acceptors (Lipinski definition) is 9. The molecule has 4 rings (SSSR count). The fourth-order valence-corrected chi connectivity index (χ4v) is 5.72. The summed E-state index contributed by atoms with van der Waals surface area (Å²) in [5.41, 5.74) is 2.24. The number of aromatic nitrogens is 5. The molecule has 12 heteroatoms. The van der Waals surface area contributed by atoms with Crippen molar-refractivity contribution in [3.63, 3.8) is 0 Å². The zero-order valence-corrected chi connectivity index (χ0v) is 22.4. The highest BCUT2D eigenvalue weighted by molar-refractivity contribution is 9.10. The number of benzene rings is 2. The monoisotopic (exact) mass is 576 g/mol. The van der Waals surface area contributed by atoms with Gasteiger partial charge in [-0.3, -0.25) is 10.1 Å². The SMILES string of the molecule is Cc1ccccc1OCc1nnc(SCC(=O)Nc2nnc(SCc3cccc(Br)c3)s2)n1C. The van der Waals surface area contributed by atoms with Gasteiger partial charge in [0.15, 0.2) is 15.3 Å². The number of carbonyl (C=O) groups is 1. The number of nitrogens with one attached hydrogen (secondary N) is 1. The number of nitrogens with zero attached hydrogens (tertiary/aromatic N) is 5. The molecule has 34 heavy (non-hydrogen) atoms. The minimum Gasteiger partial charge on any atom is -0.485 e. The van der Waals surface area contributed by atoms with Gasteiger partial charge in [0.1, 0.15) is 12.4 Å². The van der Waals surface area contributed by atoms with Crippen molar-refractivity contribution in [2.24, 2.45) is 7.05 Å². The Morgan fingerprint density at radius 1 is 1.12 bits per heavy atom. The molecule has 0 fully saturated rings. The normalized spacial score (nSPS) is 10.9. The Bertz CT molecular complexity index is 1280. The van der Waals surface area contributed by atoms with Crippen molar-refractivity contribution in [3.8, 4) is 5.75 Å². The molecule has 2 aromatic heterocycles. The molecule has 0 aliphatic heterocycles. The van der Waals surface area contributed by atoms with Crippen molar-refractivity contribution in [1.29, 1.82) is 0 Å². The van der Waals surface area contributed by atoms with Crippen LogP contribution >= 0.6 is 50.8 Å². The molecule has 0 aliphatic carbocycles. The van der Waals surface area contributed by atoms with Crippen LogP contribution in [-0.2, 0) is 24.2 Å². The van der Waals surface area contributed by atoms with Crippen LogP contribution in [0.25, 0.3) is 0 Å². The average Bonchev–Trinajstić information content (AvgIpc) is 3.42. The molecule has 176 valence electrons. The highest BCUT2D eigenvalue weighted by atomic mass is 79.9. The highest BCUT2D eigenvalue weighted by Crippen LogP contribution is 2.29. The van der Waals surface area contributed by atoms with Gasteiger partial charge in [-0.25, -0.2) is 0 Å². The number of rotatable bonds is 10. The predicted octanol–water partition coefficient (Wildman–Crippen LogP) is 5.34. The minimum atomic E-state index is -0.176. The summed E-state index contributed by atoms with van der Waals surface area (Å²) in [6.45, 7) is 2.29. The molecule has 4 aromatic rings. The molecular formula is C22H21BrN6O2S3. The lowest BCUT2D eigenvalue weighted by Crippen LogP contribution is -2.14. The van der Waals surface area contributed by atoms with E-state index in [-0.39, 0.29) is 11.7 Å². The number of ether oxygens (including phenoxy) is 1. The Hall–Kier alpha value is -2.41. The maximum absolute atomic E-state index is 12.4. The van der Waals surface area contributed by atoms with Crippen LogP contribution < -0.4 is 10.1 Å². The van der Waals surface area contributed by atoms with Gasteiger partial charge in [-0.2, -0.15) is 0 Å². The number of aryl methyl sites for hydroxylation is 1. The van der Waals surface area contributed by atoms with Crippen molar-refractivity contribution < 1.29 is 9.53 Å². The minimum absolute atomic E-state index is 0.176. The molecule has 2 heterocycles. The van der Waals surface area contributed by atoms with Crippen molar-refractivity contribution in [1.82, 2.24) is 25.0 Å². The second kappa shape index (κ2) is 11.8. The number of amides is 1. The average molecular weight is 578 g/mol. The number of carbonyl (C=O) groups excluding carboxylic acids is 1. The van der Waals surface area contributed by atoms with Crippen LogP contribution in [0, 0.1) is 6.92 Å². The van der Waals surface area contributed by atoms with E-state index in [1.807, 2.05) is 54.9 Å². The first kappa shape index (κ1) is 24.7. The molecule has 0 atom stereocenters. The van der Waals surface area contributed by atoms with Crippen molar-refractivity contribution in [2.45, 2.75) is 28.8 Å². The molecule has 0 unspecified atom stereocenters. The molecule has 0 saturated carbocycles. The summed E-state index contributed by atoms with van der Waals surface area (Å²) >= 11 is 7.72. The summed E-state index contributed by atoms with van der Waals surface area (Å²) in [5, 5.41) is 20.5. The van der Waals surface area contributed by atoms with E-state index < -0.39 is 0 Å². The topological polar surface area (TPSA) is 94.8 Å². The lowest BCUT2D eigenvalue weighted by molar-refractivity contribution is -0.113. The standard InChI is InChI=1S/C22H21BrN6O2S3/c1-14-6-3-4-9-17(14)31-11-18-25-27-21(29(18)2)32-13-19(30)24-20-26-28-22(34-20)33-12-15-7-5-8-16(23)10-15/h3-10H,11-13H2,1-2H3,(H,24,26,30). The largest absolute Gasteiger partial charge is 0.485 e. The van der Waals surface area contributed by atoms with Crippen molar-refractivity contribution in [2.75, 3.05) is 11.1 Å². The van der Waals surface area contributed by atoms with Crippen LogP contribution in [0.3, 0.4) is 0 Å². The van der Waals surface area contributed by atoms with Crippen LogP contribution in [0.15, 0.2) is 62.5 Å². The van der Waals surface area contributed by atoms with Gasteiger partial charge in [-0.15, -0.1) is 20.4 Å². The molecule has 0 spiro atoms. The van der Waals surface area contributed by atoms with E-state index in [1.165, 1.54) is 28.7 Å². The summed E-state index contributed by atoms with van der Waals surface area (Å²) in [6.07, 6.45) is 0. The predicted molar refractivity (Wildman–Crippen MR) is 139 cm³/mol. The number of para-hydroxylation sites is 1. The second-order valence-corrected chi connectivity index (χ2v) is 11.2. The second-order valence-electron chi connectivity index (χ2n) is 7.14. The van der Waals surface area contributed by atoms with E-state index in [4.69, 9.17) is 4.74 Å². The van der Waals surface area contributed by atoms with Gasteiger partial charge in [0.2, 0.25) is 11.0 Å². The van der Waals surface area contributed by atoms with Gasteiger partial charge >= 0.3 is 0 Å². The van der Waals surface area contributed by atoms with E-state index in [2.05, 4.69) is 53.8 Å². The molecule has 1 amide bonds. The Kier molecular flexibility index (Phi) is 8.59. The molecule has 8 nitrogen and oxygen atoms in total. The molecule has 0 aliphatic rings. The van der Waals surface area contributed by atoms with Gasteiger partial charge in [-0.05, 0) is 36.2 Å². The van der Waals surface area contributed by atoms with Crippen LogP contribution in [0.1, 0.15) is 17.0 Å². The van der Waals surface area contributed by atoms with E-state index in [9.17, 15) is 4.79 Å². The molecular weight excluding hydrogens is 556 g/mol. The van der Waals surface area contributed by atoms with Crippen molar-refractivity contribution in [3.05, 3.63) is 70.0 Å². The van der Waals surface area contributed by atoms with E-state index in [0.717, 1.165) is 25.9 Å². The first-order chi connectivity index (χ1) is 16.5. The molecule has 1 N–H and O–H groups in total. The lowest BCUT2D eigenvalue weighted by atomic mass is 10.2. The van der Waals surface area contributed by atoms with Gasteiger partial charge in [-0.1, -0.05) is 81.1 Å². The zero-order chi connectivity index (χ0) is 23.9. The number of anilines is 1. The van der Waals surface area contributed by atoms with Crippen LogP contribution in [-0.4, -0.2) is 36.6 Å². The fourth-order valence-electron chi connectivity index (χ4n) is 2.83. The quantitative estimate of drug-likeness (QED) is 0.200. The number of hydrogen-bond donors (Lipinski definition) is 1. The highest BCUT2D eigenvalue weighted by Gasteiger charge is 2.14. The van der Waals surface area contributed by atoms with Gasteiger partial charge in [0, 0.05) is 17.3 Å². The number of thioether (sulfide) groups is 2. The van der Waals surface area contributed by atoms with Gasteiger partial charge in [0.05, 0.1) is 5.75 Å². The summed E-state index contributed by atoms with van der Waals surface area (Å²) in [6, 6.07) is 15.9. The van der Waals surface area contributed by atoms with Crippen LogP contribution in [0.4, 0.5) is 5.13 Å². The Balaban J connectivity index is 1.24. The lowest BCUT2D eigenvalue weighted by Gasteiger charge is -2.08. The Labute approximate surface area is 218 Å². The maximum atomic E-state index is 12.4. The zero-order valence-electron chi connectivity index (χ0n) is 18.4. The maximum Gasteiger partial charge on any atom is 0.236 e. The van der Waals surface area contributed by atoms with Crippen LogP contribution in [0.5, 0.6) is 5.75 Å². The van der Waals surface area contributed by atoms with Crippen LogP contribution in [0.2, 0.25) is 0 Å². The van der Waals surface area contributed by atoms with E-state index in [0.29, 0.717) is 22.7 Å². The van der Waals surface area contributed by atoms with Gasteiger partial charge < -0.3 is 9.30 Å². The molecule has 0 radical (unpaired) electrons. The molecule has 0 bridgehead atoms. The van der Waals surface area contributed by atoms with Crippen molar-refractivity contribution >= 4 is 61.8 Å². The first-order valence-corrected chi connectivity index (χ1v) is 13.8. The van der Waals surface area contributed by atoms with E-state index >= 15 is 0 Å². The summed E-state index contributed by atoms with van der Waals surface area (Å²) in [4.78, 5) is 12.4. The Morgan fingerprint density at radius 3 is 2.79 bits per heavy atom. The third-order valence-electron chi connectivity index (χ3n) is 4.61. The summed E-state index contributed by atoms with van der Waals surface area (Å²) in [7, 11) is 1.86. The third-order valence-corrected chi connectivity index (χ3v) is 8.17. The van der Waals surface area contributed by atoms with Gasteiger partial charge in [0.25, 0.3) is 0 Å². The van der Waals surface area contributed by atoms with E-state index in [1.54, 1.807) is 11.8 Å². The molecule has 2 aromatic carbocycles. The Morgan fingerprint density at radius 2 is 1.97 bits per heavy atom. The summed E-state index contributed by atoms with van der Waals surface area (Å²) in [5.74, 6) is 2.28. The molecule has 0 saturated heterocycles.